The summed E-state index contributed by atoms with van der Waals surface area (Å²) < 4.78 is 12.0. The summed E-state index contributed by atoms with van der Waals surface area (Å²) in [6.45, 7) is 9.32. The van der Waals surface area contributed by atoms with E-state index in [2.05, 4.69) is 54.3 Å². The molecule has 3 atom stereocenters. The Morgan fingerprint density at radius 2 is 2.02 bits per heavy atom. The average molecular weight is 577 g/mol. The van der Waals surface area contributed by atoms with Crippen LogP contribution in [0.2, 0.25) is 0 Å². The van der Waals surface area contributed by atoms with E-state index in [4.69, 9.17) is 14.5 Å². The zero-order valence-corrected chi connectivity index (χ0v) is 25.8. The highest BCUT2D eigenvalue weighted by atomic mass is 16.5. The average Bonchev–Trinajstić information content (AvgIpc) is 3.40. The topological polar surface area (TPSA) is 96.0 Å². The molecule has 0 spiro atoms. The van der Waals surface area contributed by atoms with E-state index in [9.17, 15) is 9.59 Å². The highest BCUT2D eigenvalue weighted by molar-refractivity contribution is 6.04. The summed E-state index contributed by atoms with van der Waals surface area (Å²) in [5.41, 5.74) is 5.86. The predicted octanol–water partition coefficient (Wildman–Crippen LogP) is 5.08. The van der Waals surface area contributed by atoms with Gasteiger partial charge in [0, 0.05) is 42.9 Å². The Morgan fingerprint density at radius 1 is 1.21 bits per heavy atom. The van der Waals surface area contributed by atoms with Crippen LogP contribution in [0.3, 0.4) is 0 Å². The molecule has 3 aliphatic rings. The van der Waals surface area contributed by atoms with Crippen LogP contribution in [0.5, 0.6) is 0 Å². The number of nitrogens with zero attached hydrogens (tertiary/aromatic N) is 2. The van der Waals surface area contributed by atoms with E-state index in [1.54, 1.807) is 6.20 Å². The molecular weight excluding hydrogens is 528 g/mol. The number of aliphatic imine (C=N–C) groups is 1. The molecule has 2 aromatic rings. The fourth-order valence-electron chi connectivity index (χ4n) is 6.55. The predicted molar refractivity (Wildman–Crippen MR) is 167 cm³/mol. The molecule has 1 aromatic heterocycles. The first kappa shape index (κ1) is 30.6. The molecule has 2 aliphatic heterocycles. The first-order valence-electron chi connectivity index (χ1n) is 15.9. The van der Waals surface area contributed by atoms with Crippen LogP contribution in [0.25, 0.3) is 0 Å². The van der Waals surface area contributed by atoms with E-state index in [-0.39, 0.29) is 35.7 Å². The summed E-state index contributed by atoms with van der Waals surface area (Å²) in [4.78, 5) is 35.8. The zero-order chi connectivity index (χ0) is 29.6. The van der Waals surface area contributed by atoms with Gasteiger partial charge in [-0.15, -0.1) is 0 Å². The largest absolute Gasteiger partial charge is 0.461 e. The number of likely N-dealkylation sites (N-methyl/N-ethyl adjacent to an activating group) is 1. The number of carbonyl (C=O) groups is 1. The molecule has 42 heavy (non-hydrogen) atoms. The SMILES string of the molecule is Cc1cc(C2=Nc3cc(CN[C@@H](CC(C)C)C(=O)OC4CCCC4)ccc3CCC2CC2CN(C)CCO2)c[nH]c1=O. The number of aryl methyl sites for hydroxylation is 2. The van der Waals surface area contributed by atoms with Gasteiger partial charge in [-0.25, -0.2) is 0 Å². The highest BCUT2D eigenvalue weighted by Gasteiger charge is 2.29. The molecule has 1 aliphatic carbocycles. The lowest BCUT2D eigenvalue weighted by atomic mass is 9.87. The molecule has 1 saturated heterocycles. The molecule has 1 saturated carbocycles. The van der Waals surface area contributed by atoms with Crippen molar-refractivity contribution >= 4 is 17.4 Å². The lowest BCUT2D eigenvalue weighted by molar-refractivity contribution is -0.151. The van der Waals surface area contributed by atoms with Crippen LogP contribution in [-0.4, -0.2) is 66.6 Å². The summed E-state index contributed by atoms with van der Waals surface area (Å²) in [6, 6.07) is 8.13. The minimum absolute atomic E-state index is 0.0677. The minimum atomic E-state index is -0.328. The minimum Gasteiger partial charge on any atom is -0.461 e. The van der Waals surface area contributed by atoms with Gasteiger partial charge in [0.1, 0.15) is 12.1 Å². The van der Waals surface area contributed by atoms with Crippen LogP contribution in [0.4, 0.5) is 5.69 Å². The molecule has 3 heterocycles. The smallest absolute Gasteiger partial charge is 0.323 e. The lowest BCUT2D eigenvalue weighted by Crippen LogP contribution is -2.41. The van der Waals surface area contributed by atoms with Crippen LogP contribution in [0, 0.1) is 18.8 Å². The number of rotatable bonds is 10. The second-order valence-electron chi connectivity index (χ2n) is 13.0. The van der Waals surface area contributed by atoms with Crippen molar-refractivity contribution in [1.29, 1.82) is 0 Å². The summed E-state index contributed by atoms with van der Waals surface area (Å²) in [6.07, 6.45) is 9.79. The molecular formula is C34H48N4O4. The van der Waals surface area contributed by atoms with Crippen LogP contribution < -0.4 is 10.9 Å². The lowest BCUT2D eigenvalue weighted by Gasteiger charge is -2.32. The second-order valence-corrected chi connectivity index (χ2v) is 13.0. The van der Waals surface area contributed by atoms with Crippen LogP contribution in [0.15, 0.2) is 40.2 Å². The van der Waals surface area contributed by atoms with E-state index < -0.39 is 0 Å². The number of H-pyrrole nitrogens is 1. The number of aromatic amines is 1. The van der Waals surface area contributed by atoms with Gasteiger partial charge in [0.25, 0.3) is 5.56 Å². The summed E-state index contributed by atoms with van der Waals surface area (Å²) in [5, 5.41) is 3.50. The zero-order valence-electron chi connectivity index (χ0n) is 25.8. The maximum Gasteiger partial charge on any atom is 0.323 e. The Morgan fingerprint density at radius 3 is 2.76 bits per heavy atom. The molecule has 2 fully saturated rings. The third-order valence-corrected chi connectivity index (χ3v) is 8.94. The van der Waals surface area contributed by atoms with Gasteiger partial charge in [-0.05, 0) is 94.5 Å². The van der Waals surface area contributed by atoms with Crippen molar-refractivity contribution in [2.24, 2.45) is 16.8 Å². The molecule has 8 heteroatoms. The Labute approximate surface area is 250 Å². The monoisotopic (exact) mass is 576 g/mol. The van der Waals surface area contributed by atoms with Crippen molar-refractivity contribution in [2.75, 3.05) is 26.7 Å². The molecule has 8 nitrogen and oxygen atoms in total. The third kappa shape index (κ3) is 7.97. The van der Waals surface area contributed by atoms with Gasteiger partial charge in [0.2, 0.25) is 0 Å². The quantitative estimate of drug-likeness (QED) is 0.383. The van der Waals surface area contributed by atoms with Crippen molar-refractivity contribution in [3.05, 3.63) is 63.1 Å². The summed E-state index contributed by atoms with van der Waals surface area (Å²) in [7, 11) is 2.15. The summed E-state index contributed by atoms with van der Waals surface area (Å²) in [5.74, 6) is 0.461. The van der Waals surface area contributed by atoms with Crippen LogP contribution in [0.1, 0.15) is 81.0 Å². The third-order valence-electron chi connectivity index (χ3n) is 8.94. The van der Waals surface area contributed by atoms with Crippen molar-refractivity contribution in [1.82, 2.24) is 15.2 Å². The number of aromatic nitrogens is 1. The summed E-state index contributed by atoms with van der Waals surface area (Å²) >= 11 is 0. The van der Waals surface area contributed by atoms with E-state index in [1.807, 2.05) is 13.0 Å². The molecule has 1 aromatic carbocycles. The van der Waals surface area contributed by atoms with Gasteiger partial charge < -0.3 is 24.7 Å². The van der Waals surface area contributed by atoms with E-state index >= 15 is 0 Å². The van der Waals surface area contributed by atoms with Crippen molar-refractivity contribution in [3.8, 4) is 0 Å². The fourth-order valence-corrected chi connectivity index (χ4v) is 6.55. The van der Waals surface area contributed by atoms with Gasteiger partial charge in [-0.2, -0.15) is 0 Å². The Hall–Kier alpha value is -2.81. The van der Waals surface area contributed by atoms with Crippen LogP contribution in [-0.2, 0) is 27.2 Å². The number of esters is 1. The Bertz CT molecular complexity index is 1310. The van der Waals surface area contributed by atoms with Gasteiger partial charge in [-0.3, -0.25) is 14.6 Å². The van der Waals surface area contributed by atoms with Gasteiger partial charge in [0.15, 0.2) is 0 Å². The highest BCUT2D eigenvalue weighted by Crippen LogP contribution is 2.33. The number of fused-ring (bicyclic) bond motifs is 1. The van der Waals surface area contributed by atoms with Gasteiger partial charge in [0.05, 0.1) is 24.1 Å². The number of hydrogen-bond donors (Lipinski definition) is 2. The number of carbonyl (C=O) groups excluding carboxylic acids is 1. The Kier molecular flexibility index (Phi) is 10.3. The maximum absolute atomic E-state index is 13.1. The second kappa shape index (κ2) is 14.1. The molecule has 0 amide bonds. The number of morpholine rings is 1. The van der Waals surface area contributed by atoms with E-state index in [0.717, 1.165) is 93.6 Å². The molecule has 0 radical (unpaired) electrons. The molecule has 228 valence electrons. The van der Waals surface area contributed by atoms with Crippen molar-refractivity contribution in [3.63, 3.8) is 0 Å². The molecule has 5 rings (SSSR count). The number of hydrogen-bond acceptors (Lipinski definition) is 7. The fraction of sp³-hybridized carbons (Fsp3) is 0.618. The van der Waals surface area contributed by atoms with Crippen molar-refractivity contribution < 1.29 is 14.3 Å². The number of ether oxygens (including phenoxy) is 2. The first-order valence-corrected chi connectivity index (χ1v) is 15.9. The van der Waals surface area contributed by atoms with Gasteiger partial charge >= 0.3 is 5.97 Å². The molecule has 2 unspecified atom stereocenters. The number of pyridine rings is 1. The van der Waals surface area contributed by atoms with Gasteiger partial charge in [-0.1, -0.05) is 26.0 Å². The van der Waals surface area contributed by atoms with E-state index in [0.29, 0.717) is 18.0 Å². The first-order chi connectivity index (χ1) is 20.2. The molecule has 0 bridgehead atoms. The van der Waals surface area contributed by atoms with Crippen molar-refractivity contribution in [2.45, 2.75) is 96.9 Å². The number of nitrogens with one attached hydrogen (secondary N) is 2. The molecule has 2 N–H and O–H groups in total. The van der Waals surface area contributed by atoms with E-state index in [1.165, 1.54) is 5.56 Å². The Balaban J connectivity index is 1.37. The standard InChI is InChI=1S/C34H48N4O4/c1-22(2)15-31(34(40)42-28-7-5-6-8-28)35-19-24-9-10-25-11-12-26(18-29-21-38(4)13-14-41-29)32(37-30(25)17-24)27-16-23(3)33(39)36-20-27/h9-10,16-17,20,22,26,28-29,31,35H,5-8,11-15,18-19,21H2,1-4H3,(H,36,39)/t26?,29?,31-/m0/s1. The maximum atomic E-state index is 13.1. The number of benzene rings is 1. The van der Waals surface area contributed by atoms with Crippen LogP contribution >= 0.6 is 0 Å². The normalized spacial score (nSPS) is 22.5.